The quantitative estimate of drug-likeness (QED) is 0.673. The third-order valence-corrected chi connectivity index (χ3v) is 3.70. The highest BCUT2D eigenvalue weighted by atomic mass is 16.5. The average Bonchev–Trinajstić information content (AvgIpc) is 2.23. The summed E-state index contributed by atoms with van der Waals surface area (Å²) in [6, 6.07) is 0. The Kier molecular flexibility index (Phi) is 3.85. The van der Waals surface area contributed by atoms with Crippen LogP contribution in [0.5, 0.6) is 0 Å². The molecule has 94 valence electrons. The molecule has 2 N–H and O–H groups in total. The van der Waals surface area contributed by atoms with Gasteiger partial charge in [0.25, 0.3) is 0 Å². The SMILES string of the molecule is CC1(NCCOC2(C)CNC2)CCOCC1. The van der Waals surface area contributed by atoms with Gasteiger partial charge in [-0.05, 0) is 26.7 Å². The van der Waals surface area contributed by atoms with E-state index >= 15 is 0 Å². The van der Waals surface area contributed by atoms with Gasteiger partial charge in [-0.3, -0.25) is 0 Å². The Morgan fingerprint density at radius 2 is 1.94 bits per heavy atom. The maximum Gasteiger partial charge on any atom is 0.0902 e. The number of rotatable bonds is 5. The van der Waals surface area contributed by atoms with E-state index in [-0.39, 0.29) is 11.1 Å². The summed E-state index contributed by atoms with van der Waals surface area (Å²) >= 11 is 0. The van der Waals surface area contributed by atoms with Gasteiger partial charge in [0.15, 0.2) is 0 Å². The van der Waals surface area contributed by atoms with Crippen molar-refractivity contribution < 1.29 is 9.47 Å². The van der Waals surface area contributed by atoms with Crippen LogP contribution < -0.4 is 10.6 Å². The Hall–Kier alpha value is -0.160. The summed E-state index contributed by atoms with van der Waals surface area (Å²) in [5, 5.41) is 6.83. The molecule has 2 fully saturated rings. The highest BCUT2D eigenvalue weighted by molar-refractivity contribution is 4.90. The smallest absolute Gasteiger partial charge is 0.0902 e. The largest absolute Gasteiger partial charge is 0.381 e. The second kappa shape index (κ2) is 5.00. The lowest BCUT2D eigenvalue weighted by molar-refractivity contribution is -0.0674. The van der Waals surface area contributed by atoms with Gasteiger partial charge in [-0.1, -0.05) is 0 Å². The maximum atomic E-state index is 5.85. The van der Waals surface area contributed by atoms with Crippen LogP contribution in [0, 0.1) is 0 Å². The van der Waals surface area contributed by atoms with Crippen molar-refractivity contribution in [1.82, 2.24) is 10.6 Å². The monoisotopic (exact) mass is 228 g/mol. The molecule has 0 amide bonds. The van der Waals surface area contributed by atoms with Crippen LogP contribution in [0.3, 0.4) is 0 Å². The van der Waals surface area contributed by atoms with Gasteiger partial charge < -0.3 is 20.1 Å². The Morgan fingerprint density at radius 1 is 1.25 bits per heavy atom. The molecule has 0 aromatic rings. The Bertz CT molecular complexity index is 223. The first kappa shape index (κ1) is 12.3. The number of hydrogen-bond donors (Lipinski definition) is 2. The Labute approximate surface area is 98.1 Å². The summed E-state index contributed by atoms with van der Waals surface area (Å²) in [4.78, 5) is 0. The van der Waals surface area contributed by atoms with Gasteiger partial charge in [-0.15, -0.1) is 0 Å². The standard InChI is InChI=1S/C12H24N2O2/c1-11(3-6-15-7-4-11)14-5-8-16-12(2)9-13-10-12/h13-14H,3-10H2,1-2H3. The van der Waals surface area contributed by atoms with E-state index in [1.54, 1.807) is 0 Å². The lowest BCUT2D eigenvalue weighted by atomic mass is 9.92. The van der Waals surface area contributed by atoms with Crippen molar-refractivity contribution in [2.75, 3.05) is 39.5 Å². The van der Waals surface area contributed by atoms with Crippen molar-refractivity contribution in [3.05, 3.63) is 0 Å². The van der Waals surface area contributed by atoms with Crippen LogP contribution >= 0.6 is 0 Å². The molecule has 0 unspecified atom stereocenters. The van der Waals surface area contributed by atoms with Crippen molar-refractivity contribution >= 4 is 0 Å². The predicted molar refractivity (Wildman–Crippen MR) is 63.7 cm³/mol. The molecular formula is C12H24N2O2. The van der Waals surface area contributed by atoms with Gasteiger partial charge in [-0.25, -0.2) is 0 Å². The fraction of sp³-hybridized carbons (Fsp3) is 1.00. The molecule has 0 radical (unpaired) electrons. The number of hydrogen-bond acceptors (Lipinski definition) is 4. The molecule has 0 aliphatic carbocycles. The summed E-state index contributed by atoms with van der Waals surface area (Å²) < 4.78 is 11.2. The summed E-state index contributed by atoms with van der Waals surface area (Å²) in [7, 11) is 0. The average molecular weight is 228 g/mol. The summed E-state index contributed by atoms with van der Waals surface area (Å²) in [6.45, 7) is 9.91. The van der Waals surface area contributed by atoms with Gasteiger partial charge in [-0.2, -0.15) is 0 Å². The lowest BCUT2D eigenvalue weighted by Crippen LogP contribution is -2.59. The molecule has 0 bridgehead atoms. The summed E-state index contributed by atoms with van der Waals surface area (Å²) in [5.41, 5.74) is 0.332. The first-order chi connectivity index (χ1) is 7.62. The van der Waals surface area contributed by atoms with Crippen LogP contribution in [0.25, 0.3) is 0 Å². The van der Waals surface area contributed by atoms with Gasteiger partial charge >= 0.3 is 0 Å². The van der Waals surface area contributed by atoms with Crippen molar-refractivity contribution in [2.24, 2.45) is 0 Å². The zero-order valence-corrected chi connectivity index (χ0v) is 10.5. The van der Waals surface area contributed by atoms with Crippen LogP contribution in [-0.4, -0.2) is 50.6 Å². The van der Waals surface area contributed by atoms with E-state index in [2.05, 4.69) is 24.5 Å². The van der Waals surface area contributed by atoms with E-state index in [0.29, 0.717) is 0 Å². The molecule has 2 aliphatic heterocycles. The minimum Gasteiger partial charge on any atom is -0.381 e. The predicted octanol–water partition coefficient (Wildman–Crippen LogP) is 0.524. The Balaban J connectivity index is 1.59. The Morgan fingerprint density at radius 3 is 2.50 bits per heavy atom. The zero-order chi connectivity index (χ0) is 11.5. The first-order valence-electron chi connectivity index (χ1n) is 6.30. The highest BCUT2D eigenvalue weighted by Gasteiger charge is 2.32. The van der Waals surface area contributed by atoms with E-state index in [1.807, 2.05) is 0 Å². The third kappa shape index (κ3) is 3.17. The molecule has 4 heteroatoms. The molecule has 0 aromatic heterocycles. The van der Waals surface area contributed by atoms with Crippen LogP contribution in [-0.2, 0) is 9.47 Å². The molecule has 2 heterocycles. The molecule has 16 heavy (non-hydrogen) atoms. The van der Waals surface area contributed by atoms with Crippen molar-refractivity contribution in [1.29, 1.82) is 0 Å². The second-order valence-electron chi connectivity index (χ2n) is 5.50. The molecule has 2 saturated heterocycles. The minimum absolute atomic E-state index is 0.0816. The molecule has 2 rings (SSSR count). The number of nitrogens with one attached hydrogen (secondary N) is 2. The molecule has 2 aliphatic rings. The molecule has 0 spiro atoms. The van der Waals surface area contributed by atoms with Crippen molar-refractivity contribution in [3.63, 3.8) is 0 Å². The van der Waals surface area contributed by atoms with Gasteiger partial charge in [0, 0.05) is 38.4 Å². The van der Waals surface area contributed by atoms with Crippen LogP contribution in [0.4, 0.5) is 0 Å². The normalized spacial score (nSPS) is 27.4. The van der Waals surface area contributed by atoms with Crippen LogP contribution in [0.1, 0.15) is 26.7 Å². The van der Waals surface area contributed by atoms with Crippen LogP contribution in [0.2, 0.25) is 0 Å². The van der Waals surface area contributed by atoms with Crippen molar-refractivity contribution in [3.8, 4) is 0 Å². The maximum absolute atomic E-state index is 5.85. The molecule has 0 saturated carbocycles. The fourth-order valence-electron chi connectivity index (χ4n) is 2.23. The molecule has 4 nitrogen and oxygen atoms in total. The second-order valence-corrected chi connectivity index (χ2v) is 5.50. The fourth-order valence-corrected chi connectivity index (χ4v) is 2.23. The van der Waals surface area contributed by atoms with Gasteiger partial charge in [0.05, 0.1) is 12.2 Å². The summed E-state index contributed by atoms with van der Waals surface area (Å²) in [6.07, 6.45) is 2.21. The number of ether oxygens (including phenoxy) is 2. The van der Waals surface area contributed by atoms with Gasteiger partial charge in [0.2, 0.25) is 0 Å². The van der Waals surface area contributed by atoms with E-state index in [1.165, 1.54) is 0 Å². The first-order valence-corrected chi connectivity index (χ1v) is 6.30. The zero-order valence-electron chi connectivity index (χ0n) is 10.5. The van der Waals surface area contributed by atoms with Crippen LogP contribution in [0.15, 0.2) is 0 Å². The van der Waals surface area contributed by atoms with E-state index < -0.39 is 0 Å². The molecule has 0 atom stereocenters. The highest BCUT2D eigenvalue weighted by Crippen LogP contribution is 2.19. The van der Waals surface area contributed by atoms with E-state index in [0.717, 1.165) is 52.3 Å². The lowest BCUT2D eigenvalue weighted by Gasteiger charge is -2.40. The molecular weight excluding hydrogens is 204 g/mol. The topological polar surface area (TPSA) is 42.5 Å². The van der Waals surface area contributed by atoms with Crippen molar-refractivity contribution in [2.45, 2.75) is 37.8 Å². The summed E-state index contributed by atoms with van der Waals surface area (Å²) in [5.74, 6) is 0. The van der Waals surface area contributed by atoms with Gasteiger partial charge in [0.1, 0.15) is 0 Å². The van der Waals surface area contributed by atoms with E-state index in [4.69, 9.17) is 9.47 Å². The van der Waals surface area contributed by atoms with E-state index in [9.17, 15) is 0 Å². The molecule has 0 aromatic carbocycles. The minimum atomic E-state index is 0.0816. The third-order valence-electron chi connectivity index (χ3n) is 3.70.